The molecule has 0 saturated heterocycles. The van der Waals surface area contributed by atoms with Crippen LogP contribution in [-0.4, -0.2) is 0 Å². The van der Waals surface area contributed by atoms with Crippen LogP contribution in [0.3, 0.4) is 0 Å². The van der Waals surface area contributed by atoms with Gasteiger partial charge in [-0.25, -0.2) is 0 Å². The molecule has 0 nitrogen and oxygen atoms in total. The van der Waals surface area contributed by atoms with Crippen molar-refractivity contribution in [1.29, 1.82) is 0 Å². The molecule has 0 radical (unpaired) electrons. The summed E-state index contributed by atoms with van der Waals surface area (Å²) in [6.45, 7) is 4.56. The Morgan fingerprint density at radius 1 is 0.571 bits per heavy atom. The molecular formula is C28H28. The summed E-state index contributed by atoms with van der Waals surface area (Å²) in [6, 6.07) is 30.8. The number of hydrogen-bond donors (Lipinski definition) is 0. The minimum atomic E-state index is 1.12. The highest BCUT2D eigenvalue weighted by molar-refractivity contribution is 6.03. The summed E-state index contributed by atoms with van der Waals surface area (Å²) < 4.78 is 0. The first-order valence-corrected chi connectivity index (χ1v) is 10.5. The maximum atomic E-state index is 2.31. The lowest BCUT2D eigenvalue weighted by atomic mass is 9.82. The van der Waals surface area contributed by atoms with Gasteiger partial charge in [0.15, 0.2) is 0 Å². The van der Waals surface area contributed by atoms with Crippen LogP contribution in [0.2, 0.25) is 0 Å². The molecule has 0 heteroatoms. The summed E-state index contributed by atoms with van der Waals surface area (Å²) in [6.07, 6.45) is 4.88. The maximum Gasteiger partial charge on any atom is -0.00642 e. The van der Waals surface area contributed by atoms with Crippen LogP contribution >= 0.6 is 0 Å². The molecule has 0 amide bonds. The summed E-state index contributed by atoms with van der Waals surface area (Å²) >= 11 is 0. The van der Waals surface area contributed by atoms with E-state index in [4.69, 9.17) is 0 Å². The van der Waals surface area contributed by atoms with Crippen LogP contribution in [0.15, 0.2) is 84.9 Å². The van der Waals surface area contributed by atoms with Gasteiger partial charge in [-0.2, -0.15) is 0 Å². The predicted molar refractivity (Wildman–Crippen MR) is 123 cm³/mol. The molecule has 0 fully saturated rings. The number of rotatable bonds is 6. The monoisotopic (exact) mass is 364 g/mol. The van der Waals surface area contributed by atoms with E-state index in [-0.39, 0.29) is 0 Å². The molecule has 4 aromatic carbocycles. The van der Waals surface area contributed by atoms with E-state index < -0.39 is 0 Å². The number of aryl methyl sites for hydroxylation is 2. The van der Waals surface area contributed by atoms with Crippen LogP contribution in [0.4, 0.5) is 0 Å². The smallest absolute Gasteiger partial charge is 0.00642 e. The van der Waals surface area contributed by atoms with Crippen molar-refractivity contribution in [3.63, 3.8) is 0 Å². The molecule has 0 aromatic heterocycles. The van der Waals surface area contributed by atoms with Crippen molar-refractivity contribution >= 4 is 10.8 Å². The summed E-state index contributed by atoms with van der Waals surface area (Å²) in [4.78, 5) is 0. The Labute approximate surface area is 168 Å². The van der Waals surface area contributed by atoms with Gasteiger partial charge < -0.3 is 0 Å². The Balaban J connectivity index is 2.09. The van der Waals surface area contributed by atoms with Crippen LogP contribution in [0.1, 0.15) is 37.3 Å². The minimum Gasteiger partial charge on any atom is -0.0654 e. The molecule has 4 aromatic rings. The molecule has 0 aliphatic heterocycles. The molecule has 140 valence electrons. The number of unbranched alkanes of at least 4 members (excludes halogenated alkanes) is 2. The molecule has 0 N–H and O–H groups in total. The molecule has 0 unspecified atom stereocenters. The summed E-state index contributed by atoms with van der Waals surface area (Å²) in [5.74, 6) is 0. The van der Waals surface area contributed by atoms with Gasteiger partial charge in [-0.15, -0.1) is 0 Å². The van der Waals surface area contributed by atoms with Gasteiger partial charge in [-0.05, 0) is 63.9 Å². The first kappa shape index (κ1) is 18.5. The van der Waals surface area contributed by atoms with Gasteiger partial charge in [0, 0.05) is 0 Å². The van der Waals surface area contributed by atoms with Gasteiger partial charge in [-0.3, -0.25) is 0 Å². The standard InChI is InChI=1S/C28H28/c1-3-4-7-20-26-25-19-13-12-18-24(25)21(2)27(22-14-8-5-9-15-22)28(26)23-16-10-6-11-17-23/h5-6,8-19H,3-4,7,20H2,1-2H3. The topological polar surface area (TPSA) is 0 Å². The molecule has 28 heavy (non-hydrogen) atoms. The lowest BCUT2D eigenvalue weighted by Gasteiger charge is -2.22. The van der Waals surface area contributed by atoms with Crippen molar-refractivity contribution in [3.05, 3.63) is 96.1 Å². The van der Waals surface area contributed by atoms with Crippen LogP contribution in [-0.2, 0) is 6.42 Å². The van der Waals surface area contributed by atoms with Crippen molar-refractivity contribution in [2.45, 2.75) is 39.5 Å². The highest BCUT2D eigenvalue weighted by Gasteiger charge is 2.19. The van der Waals surface area contributed by atoms with E-state index in [9.17, 15) is 0 Å². The number of fused-ring (bicyclic) bond motifs is 1. The second-order valence-corrected chi connectivity index (χ2v) is 7.59. The summed E-state index contributed by atoms with van der Waals surface area (Å²) in [5.41, 5.74) is 8.30. The highest BCUT2D eigenvalue weighted by atomic mass is 14.2. The maximum absolute atomic E-state index is 2.31. The second kappa shape index (κ2) is 8.44. The average Bonchev–Trinajstić information content (AvgIpc) is 2.76. The van der Waals surface area contributed by atoms with Crippen LogP contribution in [0.5, 0.6) is 0 Å². The number of hydrogen-bond acceptors (Lipinski definition) is 0. The lowest BCUT2D eigenvalue weighted by Crippen LogP contribution is -1.99. The zero-order chi connectivity index (χ0) is 19.3. The van der Waals surface area contributed by atoms with Crippen LogP contribution in [0, 0.1) is 6.92 Å². The lowest BCUT2D eigenvalue weighted by molar-refractivity contribution is 0.720. The fraction of sp³-hybridized carbons (Fsp3) is 0.214. The van der Waals surface area contributed by atoms with E-state index in [2.05, 4.69) is 98.8 Å². The Kier molecular flexibility index (Phi) is 5.58. The fourth-order valence-electron chi connectivity index (χ4n) is 4.38. The Morgan fingerprint density at radius 2 is 1.11 bits per heavy atom. The van der Waals surface area contributed by atoms with Crippen molar-refractivity contribution in [2.24, 2.45) is 0 Å². The zero-order valence-electron chi connectivity index (χ0n) is 16.9. The Morgan fingerprint density at radius 3 is 1.71 bits per heavy atom. The largest absolute Gasteiger partial charge is 0.0654 e. The van der Waals surface area contributed by atoms with E-state index in [1.54, 1.807) is 0 Å². The van der Waals surface area contributed by atoms with Gasteiger partial charge in [0.1, 0.15) is 0 Å². The van der Waals surface area contributed by atoms with E-state index in [0.717, 1.165) is 6.42 Å². The van der Waals surface area contributed by atoms with Gasteiger partial charge in [0.25, 0.3) is 0 Å². The fourth-order valence-corrected chi connectivity index (χ4v) is 4.38. The Bertz CT molecular complexity index is 1060. The third-order valence-electron chi connectivity index (χ3n) is 5.74. The van der Waals surface area contributed by atoms with Crippen molar-refractivity contribution < 1.29 is 0 Å². The molecule has 0 atom stereocenters. The molecule has 0 spiro atoms. The molecule has 4 rings (SSSR count). The van der Waals surface area contributed by atoms with Crippen molar-refractivity contribution in [2.75, 3.05) is 0 Å². The zero-order valence-corrected chi connectivity index (χ0v) is 16.9. The van der Waals surface area contributed by atoms with E-state index in [1.165, 1.54) is 63.4 Å². The number of benzene rings is 4. The molecule has 0 bridgehead atoms. The van der Waals surface area contributed by atoms with Gasteiger partial charge >= 0.3 is 0 Å². The molecule has 0 heterocycles. The van der Waals surface area contributed by atoms with E-state index in [0.29, 0.717) is 0 Å². The van der Waals surface area contributed by atoms with E-state index in [1.807, 2.05) is 0 Å². The van der Waals surface area contributed by atoms with Gasteiger partial charge in [0.05, 0.1) is 0 Å². The van der Waals surface area contributed by atoms with Crippen LogP contribution in [0.25, 0.3) is 33.0 Å². The summed E-state index contributed by atoms with van der Waals surface area (Å²) in [5, 5.41) is 2.79. The quantitative estimate of drug-likeness (QED) is 0.302. The molecular weight excluding hydrogens is 336 g/mol. The Hall–Kier alpha value is -2.86. The molecule has 0 aliphatic rings. The molecule has 0 aliphatic carbocycles. The van der Waals surface area contributed by atoms with Crippen molar-refractivity contribution in [3.8, 4) is 22.3 Å². The van der Waals surface area contributed by atoms with Crippen LogP contribution < -0.4 is 0 Å². The minimum absolute atomic E-state index is 1.12. The van der Waals surface area contributed by atoms with Gasteiger partial charge in [0.2, 0.25) is 0 Å². The highest BCUT2D eigenvalue weighted by Crippen LogP contribution is 2.43. The predicted octanol–water partition coefficient (Wildman–Crippen LogP) is 8.21. The third-order valence-corrected chi connectivity index (χ3v) is 5.74. The van der Waals surface area contributed by atoms with Gasteiger partial charge in [-0.1, -0.05) is 105 Å². The van der Waals surface area contributed by atoms with E-state index >= 15 is 0 Å². The normalized spacial score (nSPS) is 11.1. The SMILES string of the molecule is CCCCCc1c(-c2ccccc2)c(-c2ccccc2)c(C)c2ccccc12. The molecule has 0 saturated carbocycles. The summed E-state index contributed by atoms with van der Waals surface area (Å²) in [7, 11) is 0. The van der Waals surface area contributed by atoms with Crippen molar-refractivity contribution in [1.82, 2.24) is 0 Å². The first-order valence-electron chi connectivity index (χ1n) is 10.5. The average molecular weight is 365 g/mol. The second-order valence-electron chi connectivity index (χ2n) is 7.59. The first-order chi connectivity index (χ1) is 13.8. The third kappa shape index (κ3) is 3.47.